The predicted molar refractivity (Wildman–Crippen MR) is 109 cm³/mol. The largest absolute Gasteiger partial charge is 0.323 e. The van der Waals surface area contributed by atoms with Gasteiger partial charge in [0.25, 0.3) is 0 Å². The van der Waals surface area contributed by atoms with Crippen LogP contribution < -0.4 is 9.62 Å². The van der Waals surface area contributed by atoms with Gasteiger partial charge in [0.05, 0.1) is 17.6 Å². The number of hydrogen-bond acceptors (Lipinski definition) is 4. The van der Waals surface area contributed by atoms with Gasteiger partial charge in [-0.1, -0.05) is 31.2 Å². The lowest BCUT2D eigenvalue weighted by molar-refractivity contribution is -0.117. The normalized spacial score (nSPS) is 12.5. The molecule has 2 aromatic carbocycles. The van der Waals surface area contributed by atoms with E-state index in [9.17, 15) is 13.2 Å². The van der Waals surface area contributed by atoms with Crippen molar-refractivity contribution in [2.24, 2.45) is 0 Å². The maximum Gasteiger partial charge on any atom is 0.248 e. The lowest BCUT2D eigenvalue weighted by Crippen LogP contribution is -2.47. The second-order valence-electron chi connectivity index (χ2n) is 6.01. The molecule has 140 valence electrons. The Morgan fingerprint density at radius 1 is 1.19 bits per heavy atom. The highest BCUT2D eigenvalue weighted by Gasteiger charge is 2.31. The number of amides is 1. The smallest absolute Gasteiger partial charge is 0.248 e. The van der Waals surface area contributed by atoms with Gasteiger partial charge in [-0.05, 0) is 49.4 Å². The minimum atomic E-state index is -3.63. The van der Waals surface area contributed by atoms with Gasteiger partial charge < -0.3 is 5.32 Å². The van der Waals surface area contributed by atoms with E-state index in [-0.39, 0.29) is 5.91 Å². The summed E-state index contributed by atoms with van der Waals surface area (Å²) in [7, 11) is -3.63. The minimum absolute atomic E-state index is 0.346. The van der Waals surface area contributed by atoms with E-state index in [1.54, 1.807) is 25.1 Å². The van der Waals surface area contributed by atoms with Crippen LogP contribution in [0.15, 0.2) is 53.4 Å². The third-order valence-electron chi connectivity index (χ3n) is 3.95. The number of sulfonamides is 1. The Morgan fingerprint density at radius 2 is 1.88 bits per heavy atom. The SMILES string of the molecule is CCC(C(=O)Nc1ccccc1SC)N(c1cccc(C)c1)S(C)(=O)=O. The number of aryl methyl sites for hydroxylation is 1. The van der Waals surface area contributed by atoms with Crippen LogP contribution in [0.25, 0.3) is 0 Å². The van der Waals surface area contributed by atoms with E-state index in [2.05, 4.69) is 5.32 Å². The second-order valence-corrected chi connectivity index (χ2v) is 8.72. The van der Waals surface area contributed by atoms with Gasteiger partial charge in [-0.2, -0.15) is 0 Å². The van der Waals surface area contributed by atoms with Crippen molar-refractivity contribution in [3.63, 3.8) is 0 Å². The van der Waals surface area contributed by atoms with E-state index in [0.717, 1.165) is 16.7 Å². The number of rotatable bonds is 7. The third kappa shape index (κ3) is 4.80. The van der Waals surface area contributed by atoms with Crippen molar-refractivity contribution in [1.82, 2.24) is 0 Å². The summed E-state index contributed by atoms with van der Waals surface area (Å²) in [6.45, 7) is 3.69. The van der Waals surface area contributed by atoms with E-state index in [1.807, 2.05) is 43.5 Å². The summed E-state index contributed by atoms with van der Waals surface area (Å²) in [6, 6.07) is 13.8. The number of benzene rings is 2. The Morgan fingerprint density at radius 3 is 2.46 bits per heavy atom. The topological polar surface area (TPSA) is 66.5 Å². The molecule has 0 bridgehead atoms. The molecule has 0 fully saturated rings. The highest BCUT2D eigenvalue weighted by atomic mass is 32.2. The number of nitrogens with zero attached hydrogens (tertiary/aromatic N) is 1. The highest BCUT2D eigenvalue weighted by molar-refractivity contribution is 7.98. The van der Waals surface area contributed by atoms with Crippen LogP contribution in [0.1, 0.15) is 18.9 Å². The average Bonchev–Trinajstić information content (AvgIpc) is 2.58. The van der Waals surface area contributed by atoms with E-state index >= 15 is 0 Å². The van der Waals surface area contributed by atoms with Gasteiger partial charge in [0, 0.05) is 4.90 Å². The van der Waals surface area contributed by atoms with Crippen molar-refractivity contribution >= 4 is 39.1 Å². The summed E-state index contributed by atoms with van der Waals surface area (Å²) >= 11 is 1.52. The van der Waals surface area contributed by atoms with E-state index in [0.29, 0.717) is 17.8 Å². The lowest BCUT2D eigenvalue weighted by Gasteiger charge is -2.30. The summed E-state index contributed by atoms with van der Waals surface area (Å²) in [5.41, 5.74) is 2.10. The van der Waals surface area contributed by atoms with E-state index in [4.69, 9.17) is 0 Å². The molecule has 0 radical (unpaired) electrons. The van der Waals surface area contributed by atoms with Crippen LogP contribution in [0, 0.1) is 6.92 Å². The fourth-order valence-corrected chi connectivity index (χ4v) is 4.55. The van der Waals surface area contributed by atoms with Crippen LogP contribution >= 0.6 is 11.8 Å². The number of hydrogen-bond donors (Lipinski definition) is 1. The molecule has 26 heavy (non-hydrogen) atoms. The first-order valence-electron chi connectivity index (χ1n) is 8.28. The first-order chi connectivity index (χ1) is 12.3. The fraction of sp³-hybridized carbons (Fsp3) is 0.316. The maximum atomic E-state index is 12.9. The van der Waals surface area contributed by atoms with Crippen LogP contribution in [0.3, 0.4) is 0 Å². The Hall–Kier alpha value is -1.99. The van der Waals surface area contributed by atoms with Gasteiger partial charge in [0.1, 0.15) is 6.04 Å². The van der Waals surface area contributed by atoms with E-state index < -0.39 is 16.1 Å². The van der Waals surface area contributed by atoms with Gasteiger partial charge in [0.15, 0.2) is 0 Å². The molecule has 1 N–H and O–H groups in total. The minimum Gasteiger partial charge on any atom is -0.323 e. The van der Waals surface area contributed by atoms with Crippen molar-refractivity contribution in [2.45, 2.75) is 31.2 Å². The van der Waals surface area contributed by atoms with Gasteiger partial charge in [-0.25, -0.2) is 8.42 Å². The van der Waals surface area contributed by atoms with Crippen LogP contribution in [-0.4, -0.2) is 32.9 Å². The molecule has 5 nitrogen and oxygen atoms in total. The van der Waals surface area contributed by atoms with Gasteiger partial charge >= 0.3 is 0 Å². The Kier molecular flexibility index (Phi) is 6.72. The molecular weight excluding hydrogens is 368 g/mol. The fourth-order valence-electron chi connectivity index (χ4n) is 2.79. The van der Waals surface area contributed by atoms with Crippen LogP contribution in [0.4, 0.5) is 11.4 Å². The molecule has 0 spiro atoms. The first-order valence-corrected chi connectivity index (χ1v) is 11.3. The molecule has 2 rings (SSSR count). The zero-order valence-electron chi connectivity index (χ0n) is 15.4. The molecule has 1 unspecified atom stereocenters. The Balaban J connectivity index is 2.40. The van der Waals surface area contributed by atoms with Crippen LogP contribution in [0.2, 0.25) is 0 Å². The van der Waals surface area contributed by atoms with Crippen molar-refractivity contribution in [3.8, 4) is 0 Å². The summed E-state index contributed by atoms with van der Waals surface area (Å²) < 4.78 is 26.1. The Labute approximate surface area is 159 Å². The van der Waals surface area contributed by atoms with Crippen molar-refractivity contribution in [3.05, 3.63) is 54.1 Å². The number of para-hydroxylation sites is 1. The molecule has 1 amide bonds. The summed E-state index contributed by atoms with van der Waals surface area (Å²) in [4.78, 5) is 13.9. The van der Waals surface area contributed by atoms with Crippen LogP contribution in [-0.2, 0) is 14.8 Å². The number of thioether (sulfide) groups is 1. The molecule has 0 aliphatic heterocycles. The molecule has 0 aliphatic rings. The number of anilines is 2. The van der Waals surface area contributed by atoms with Gasteiger partial charge in [-0.15, -0.1) is 11.8 Å². The maximum absolute atomic E-state index is 12.9. The number of nitrogens with one attached hydrogen (secondary N) is 1. The van der Waals surface area contributed by atoms with E-state index in [1.165, 1.54) is 16.1 Å². The summed E-state index contributed by atoms with van der Waals surface area (Å²) in [5, 5.41) is 2.88. The first kappa shape index (κ1) is 20.3. The van der Waals surface area contributed by atoms with Crippen molar-refractivity contribution in [1.29, 1.82) is 0 Å². The molecular formula is C19H24N2O3S2. The quantitative estimate of drug-likeness (QED) is 0.726. The zero-order chi connectivity index (χ0) is 19.3. The monoisotopic (exact) mass is 392 g/mol. The molecule has 0 heterocycles. The molecule has 0 saturated carbocycles. The van der Waals surface area contributed by atoms with Crippen molar-refractivity contribution in [2.75, 3.05) is 22.1 Å². The molecule has 7 heteroatoms. The zero-order valence-corrected chi connectivity index (χ0v) is 17.0. The standard InChI is InChI=1S/C19H24N2O3S2/c1-5-17(19(22)20-16-11-6-7-12-18(16)25-3)21(26(4,23)24)15-10-8-9-14(2)13-15/h6-13,17H,5H2,1-4H3,(H,20,22). The predicted octanol–water partition coefficient (Wildman–Crippen LogP) is 3.90. The second kappa shape index (κ2) is 8.60. The molecule has 0 saturated heterocycles. The highest BCUT2D eigenvalue weighted by Crippen LogP contribution is 2.27. The average molecular weight is 393 g/mol. The summed E-state index contributed by atoms with van der Waals surface area (Å²) in [6.07, 6.45) is 3.41. The molecule has 2 aromatic rings. The van der Waals surface area contributed by atoms with Gasteiger partial charge in [-0.3, -0.25) is 9.10 Å². The van der Waals surface area contributed by atoms with Crippen molar-refractivity contribution < 1.29 is 13.2 Å². The Bertz CT molecular complexity index is 882. The third-order valence-corrected chi connectivity index (χ3v) is 5.93. The molecule has 0 aliphatic carbocycles. The number of carbonyl (C=O) groups is 1. The van der Waals surface area contributed by atoms with Gasteiger partial charge in [0.2, 0.25) is 15.9 Å². The summed E-state index contributed by atoms with van der Waals surface area (Å²) in [5.74, 6) is -0.346. The van der Waals surface area contributed by atoms with Crippen LogP contribution in [0.5, 0.6) is 0 Å². The number of carbonyl (C=O) groups excluding carboxylic acids is 1. The molecule has 1 atom stereocenters. The lowest BCUT2D eigenvalue weighted by atomic mass is 10.1. The molecule has 0 aromatic heterocycles.